The maximum Gasteiger partial charge on any atom is 0.169 e. The molecule has 3 aromatic rings. The molecule has 1 aromatic heterocycles. The number of fused-ring (bicyclic) bond motifs is 3. The number of anilines is 1. The number of nitrogens with zero attached hydrogens (tertiary/aromatic N) is 5. The predicted molar refractivity (Wildman–Crippen MR) is 133 cm³/mol. The molecule has 3 aliphatic heterocycles. The van der Waals surface area contributed by atoms with Gasteiger partial charge in [0.2, 0.25) is 0 Å². The van der Waals surface area contributed by atoms with Gasteiger partial charge in [-0.15, -0.1) is 10.2 Å². The van der Waals surface area contributed by atoms with E-state index in [0.29, 0.717) is 41.8 Å². The summed E-state index contributed by atoms with van der Waals surface area (Å²) in [5.74, 6) is 1.96. The molecule has 4 aliphatic rings. The SMILES string of the molecule is Cc1cccc(N2CC3(CC(c4nnc5n4-c4ccc(Cl)cc4CN(CC4(F)COC4)C5)C3)C2)c1F. The number of benzene rings is 2. The van der Waals surface area contributed by atoms with Crippen molar-refractivity contribution in [2.24, 2.45) is 5.41 Å². The molecular weight excluding hydrogens is 484 g/mol. The summed E-state index contributed by atoms with van der Waals surface area (Å²) in [4.78, 5) is 4.23. The molecule has 9 heteroatoms. The van der Waals surface area contributed by atoms with Crippen LogP contribution in [0.5, 0.6) is 0 Å². The highest BCUT2D eigenvalue weighted by molar-refractivity contribution is 6.30. The highest BCUT2D eigenvalue weighted by Gasteiger charge is 2.54. The zero-order valence-electron chi connectivity index (χ0n) is 20.2. The Morgan fingerprint density at radius 1 is 1.08 bits per heavy atom. The molecule has 0 N–H and O–H groups in total. The Hall–Kier alpha value is -2.55. The van der Waals surface area contributed by atoms with Crippen molar-refractivity contribution in [3.05, 3.63) is 70.0 Å². The molecule has 36 heavy (non-hydrogen) atoms. The van der Waals surface area contributed by atoms with Gasteiger partial charge in [-0.25, -0.2) is 8.78 Å². The van der Waals surface area contributed by atoms with E-state index in [1.807, 2.05) is 43.3 Å². The normalized spacial score (nSPS) is 22.3. The van der Waals surface area contributed by atoms with Crippen LogP contribution in [0, 0.1) is 18.2 Å². The maximum atomic E-state index is 14.9. The van der Waals surface area contributed by atoms with Crippen LogP contribution in [0.25, 0.3) is 5.69 Å². The predicted octanol–water partition coefficient (Wildman–Crippen LogP) is 4.81. The van der Waals surface area contributed by atoms with Crippen LogP contribution in [0.2, 0.25) is 5.02 Å². The number of aryl methyl sites for hydroxylation is 1. The lowest BCUT2D eigenvalue weighted by Crippen LogP contribution is -2.62. The zero-order chi connectivity index (χ0) is 24.7. The first-order valence-corrected chi connectivity index (χ1v) is 12.9. The molecule has 2 saturated heterocycles. The van der Waals surface area contributed by atoms with E-state index in [1.165, 1.54) is 0 Å². The molecule has 0 amide bonds. The van der Waals surface area contributed by atoms with Gasteiger partial charge in [-0.05, 0) is 55.2 Å². The fourth-order valence-corrected chi connectivity index (χ4v) is 6.71. The van der Waals surface area contributed by atoms with Crippen LogP contribution in [0.15, 0.2) is 36.4 Å². The molecule has 6 nitrogen and oxygen atoms in total. The van der Waals surface area contributed by atoms with Crippen molar-refractivity contribution in [1.82, 2.24) is 19.7 Å². The first-order valence-electron chi connectivity index (χ1n) is 12.5. The zero-order valence-corrected chi connectivity index (χ0v) is 20.9. The molecule has 188 valence electrons. The van der Waals surface area contributed by atoms with Gasteiger partial charge in [0.15, 0.2) is 11.5 Å². The smallest absolute Gasteiger partial charge is 0.169 e. The molecule has 7 rings (SSSR count). The Balaban J connectivity index is 1.13. The third-order valence-corrected chi connectivity index (χ3v) is 8.55. The van der Waals surface area contributed by atoms with Crippen LogP contribution in [0.4, 0.5) is 14.5 Å². The quantitative estimate of drug-likeness (QED) is 0.503. The van der Waals surface area contributed by atoms with E-state index in [-0.39, 0.29) is 24.4 Å². The lowest BCUT2D eigenvalue weighted by Gasteiger charge is -2.59. The highest BCUT2D eigenvalue weighted by atomic mass is 35.5. The molecule has 1 spiro atoms. The number of ether oxygens (including phenoxy) is 1. The van der Waals surface area contributed by atoms with Gasteiger partial charge >= 0.3 is 0 Å². The molecule has 1 aliphatic carbocycles. The van der Waals surface area contributed by atoms with Crippen molar-refractivity contribution < 1.29 is 13.5 Å². The van der Waals surface area contributed by atoms with Gasteiger partial charge in [0.05, 0.1) is 31.1 Å². The van der Waals surface area contributed by atoms with E-state index in [4.69, 9.17) is 16.3 Å². The van der Waals surface area contributed by atoms with Gasteiger partial charge in [0.25, 0.3) is 0 Å². The number of rotatable bonds is 4. The van der Waals surface area contributed by atoms with Crippen molar-refractivity contribution >= 4 is 17.3 Å². The van der Waals surface area contributed by atoms with Gasteiger partial charge in [-0.2, -0.15) is 0 Å². The third kappa shape index (κ3) is 3.56. The van der Waals surface area contributed by atoms with Crippen molar-refractivity contribution in [3.63, 3.8) is 0 Å². The van der Waals surface area contributed by atoms with E-state index in [2.05, 4.69) is 24.6 Å². The minimum atomic E-state index is -1.32. The van der Waals surface area contributed by atoms with E-state index in [0.717, 1.165) is 48.8 Å². The summed E-state index contributed by atoms with van der Waals surface area (Å²) in [5.41, 5.74) is 2.34. The lowest BCUT2D eigenvalue weighted by atomic mass is 9.57. The number of hydrogen-bond donors (Lipinski definition) is 0. The topological polar surface area (TPSA) is 46.4 Å². The van der Waals surface area contributed by atoms with E-state index in [1.54, 1.807) is 0 Å². The largest absolute Gasteiger partial charge is 0.375 e. The summed E-state index contributed by atoms with van der Waals surface area (Å²) >= 11 is 6.36. The van der Waals surface area contributed by atoms with Crippen LogP contribution in [-0.4, -0.2) is 58.2 Å². The standard InChI is InChI=1S/C27H28ClF2N5O/c1-17-3-2-4-22(24(17)29)34-12-26(13-34)8-19(9-26)25-32-31-23-11-33(14-27(30)15-36-16-27)10-18-7-20(28)5-6-21(18)35(23)25/h2-7,19H,8-16H2,1H3. The lowest BCUT2D eigenvalue weighted by molar-refractivity contribution is -0.142. The Morgan fingerprint density at radius 2 is 1.89 bits per heavy atom. The van der Waals surface area contributed by atoms with Gasteiger partial charge in [0.1, 0.15) is 11.6 Å². The second kappa shape index (κ2) is 7.97. The molecule has 0 radical (unpaired) electrons. The van der Waals surface area contributed by atoms with Crippen LogP contribution in [-0.2, 0) is 17.8 Å². The van der Waals surface area contributed by atoms with Crippen molar-refractivity contribution in [3.8, 4) is 5.69 Å². The summed E-state index contributed by atoms with van der Waals surface area (Å²) < 4.78 is 36.8. The summed E-state index contributed by atoms with van der Waals surface area (Å²) in [5, 5.41) is 9.86. The van der Waals surface area contributed by atoms with Crippen LogP contribution in [0.3, 0.4) is 0 Å². The first-order chi connectivity index (χ1) is 17.3. The van der Waals surface area contributed by atoms with Gasteiger partial charge in [-0.3, -0.25) is 9.47 Å². The Morgan fingerprint density at radius 3 is 2.64 bits per heavy atom. The summed E-state index contributed by atoms with van der Waals surface area (Å²) in [6.07, 6.45) is 2.01. The summed E-state index contributed by atoms with van der Waals surface area (Å²) in [6.45, 7) is 5.22. The van der Waals surface area contributed by atoms with Gasteiger partial charge < -0.3 is 9.64 Å². The highest BCUT2D eigenvalue weighted by Crippen LogP contribution is 2.57. The average molecular weight is 512 g/mol. The molecule has 1 saturated carbocycles. The monoisotopic (exact) mass is 511 g/mol. The first kappa shape index (κ1) is 22.6. The van der Waals surface area contributed by atoms with Crippen LogP contribution >= 0.6 is 11.6 Å². The van der Waals surface area contributed by atoms with Crippen LogP contribution < -0.4 is 4.90 Å². The van der Waals surface area contributed by atoms with E-state index >= 15 is 0 Å². The Bertz CT molecular complexity index is 1340. The van der Waals surface area contributed by atoms with Crippen molar-refractivity contribution in [2.45, 2.75) is 44.4 Å². The number of alkyl halides is 1. The molecule has 4 heterocycles. The molecular formula is C27H28ClF2N5O. The summed E-state index contributed by atoms with van der Waals surface area (Å²) in [7, 11) is 0. The van der Waals surface area contributed by atoms with Crippen LogP contribution in [0.1, 0.15) is 41.5 Å². The minimum Gasteiger partial charge on any atom is -0.375 e. The van der Waals surface area contributed by atoms with Crippen molar-refractivity contribution in [1.29, 1.82) is 0 Å². The van der Waals surface area contributed by atoms with Gasteiger partial charge in [0, 0.05) is 42.5 Å². The molecule has 3 fully saturated rings. The minimum absolute atomic E-state index is 0.116. The molecule has 0 bridgehead atoms. The maximum absolute atomic E-state index is 14.9. The fourth-order valence-electron chi connectivity index (χ4n) is 6.52. The molecule has 0 atom stereocenters. The average Bonchev–Trinajstić information content (AvgIpc) is 3.09. The Labute approximate surface area is 213 Å². The fraction of sp³-hybridized carbons (Fsp3) is 0.481. The number of aromatic nitrogens is 3. The molecule has 2 aromatic carbocycles. The number of hydrogen-bond acceptors (Lipinski definition) is 5. The third-order valence-electron chi connectivity index (χ3n) is 8.31. The second-order valence-corrected chi connectivity index (χ2v) is 11.7. The Kier molecular flexibility index (Phi) is 5.01. The second-order valence-electron chi connectivity index (χ2n) is 11.2. The van der Waals surface area contributed by atoms with E-state index in [9.17, 15) is 8.78 Å². The van der Waals surface area contributed by atoms with Crippen molar-refractivity contribution in [2.75, 3.05) is 37.7 Å². The number of halogens is 3. The molecule has 0 unspecified atom stereocenters. The van der Waals surface area contributed by atoms with E-state index < -0.39 is 5.67 Å². The van der Waals surface area contributed by atoms with Gasteiger partial charge in [-0.1, -0.05) is 23.7 Å². The summed E-state index contributed by atoms with van der Waals surface area (Å²) in [6, 6.07) is 11.5.